The van der Waals surface area contributed by atoms with Crippen molar-refractivity contribution in [3.8, 4) is 11.8 Å². The van der Waals surface area contributed by atoms with Gasteiger partial charge in [-0.15, -0.1) is 0 Å². The van der Waals surface area contributed by atoms with E-state index in [1.807, 2.05) is 0 Å². The van der Waals surface area contributed by atoms with E-state index < -0.39 is 0 Å². The second-order valence-corrected chi connectivity index (χ2v) is 4.26. The summed E-state index contributed by atoms with van der Waals surface area (Å²) in [6, 6.07) is 10.0. The molecule has 1 heterocycles. The fourth-order valence-corrected chi connectivity index (χ4v) is 1.72. The van der Waals surface area contributed by atoms with Crippen LogP contribution in [-0.2, 0) is 0 Å². The standard InChI is InChI=1S/C15H11ClN2O2/c16-12-6-7-13(11(10-12)4-3-9-19)18-15(20)14-5-1-2-8-17-14/h1-2,5-8,10,19H,9H2,(H,18,20). The van der Waals surface area contributed by atoms with Crippen molar-refractivity contribution in [3.05, 3.63) is 58.9 Å². The summed E-state index contributed by atoms with van der Waals surface area (Å²) in [6.07, 6.45) is 1.54. The average molecular weight is 287 g/mol. The Morgan fingerprint density at radius 3 is 2.90 bits per heavy atom. The first-order valence-electron chi connectivity index (χ1n) is 5.82. The molecule has 0 aliphatic heterocycles. The van der Waals surface area contributed by atoms with Crippen LogP contribution in [0, 0.1) is 11.8 Å². The number of anilines is 1. The second kappa shape index (κ2) is 6.71. The van der Waals surface area contributed by atoms with Crippen molar-refractivity contribution in [1.82, 2.24) is 4.98 Å². The van der Waals surface area contributed by atoms with E-state index in [0.717, 1.165) is 0 Å². The molecule has 0 aliphatic carbocycles. The number of hydrogen-bond donors (Lipinski definition) is 2. The van der Waals surface area contributed by atoms with Gasteiger partial charge in [0.15, 0.2) is 0 Å². The number of nitrogens with one attached hydrogen (secondary N) is 1. The zero-order valence-corrected chi connectivity index (χ0v) is 11.2. The molecular formula is C15H11ClN2O2. The second-order valence-electron chi connectivity index (χ2n) is 3.82. The monoisotopic (exact) mass is 286 g/mol. The predicted molar refractivity (Wildman–Crippen MR) is 77.6 cm³/mol. The minimum absolute atomic E-state index is 0.264. The number of halogens is 1. The predicted octanol–water partition coefficient (Wildman–Crippen LogP) is 2.33. The number of pyridine rings is 1. The number of hydrogen-bond acceptors (Lipinski definition) is 3. The van der Waals surface area contributed by atoms with Crippen LogP contribution in [0.4, 0.5) is 5.69 Å². The van der Waals surface area contributed by atoms with Gasteiger partial charge in [0, 0.05) is 16.8 Å². The highest BCUT2D eigenvalue weighted by Crippen LogP contribution is 2.20. The molecule has 2 rings (SSSR count). The highest BCUT2D eigenvalue weighted by molar-refractivity contribution is 6.30. The Kier molecular flexibility index (Phi) is 4.72. The van der Waals surface area contributed by atoms with Gasteiger partial charge in [-0.2, -0.15) is 0 Å². The van der Waals surface area contributed by atoms with E-state index in [9.17, 15) is 4.79 Å². The van der Waals surface area contributed by atoms with Crippen LogP contribution >= 0.6 is 11.6 Å². The van der Waals surface area contributed by atoms with Crippen LogP contribution in [0.15, 0.2) is 42.6 Å². The van der Waals surface area contributed by atoms with E-state index in [4.69, 9.17) is 16.7 Å². The molecule has 0 saturated carbocycles. The van der Waals surface area contributed by atoms with Gasteiger partial charge in [0.05, 0.1) is 5.69 Å². The van der Waals surface area contributed by atoms with Crippen molar-refractivity contribution in [2.45, 2.75) is 0 Å². The van der Waals surface area contributed by atoms with Gasteiger partial charge in [-0.1, -0.05) is 29.5 Å². The molecule has 0 spiro atoms. The van der Waals surface area contributed by atoms with Gasteiger partial charge < -0.3 is 10.4 Å². The molecule has 0 radical (unpaired) electrons. The molecule has 5 heteroatoms. The lowest BCUT2D eigenvalue weighted by atomic mass is 10.1. The van der Waals surface area contributed by atoms with Gasteiger partial charge in [-0.3, -0.25) is 9.78 Å². The van der Waals surface area contributed by atoms with Gasteiger partial charge in [0.2, 0.25) is 0 Å². The molecule has 0 aliphatic rings. The lowest BCUT2D eigenvalue weighted by Crippen LogP contribution is -2.14. The van der Waals surface area contributed by atoms with Gasteiger partial charge in [0.1, 0.15) is 12.3 Å². The first-order chi connectivity index (χ1) is 9.70. The Balaban J connectivity index is 2.27. The number of amides is 1. The Labute approximate surface area is 121 Å². The highest BCUT2D eigenvalue weighted by Gasteiger charge is 2.09. The van der Waals surface area contributed by atoms with Crippen molar-refractivity contribution < 1.29 is 9.90 Å². The summed E-state index contributed by atoms with van der Waals surface area (Å²) >= 11 is 5.89. The molecule has 0 bridgehead atoms. The number of carbonyl (C=O) groups is 1. The maximum absolute atomic E-state index is 12.0. The van der Waals surface area contributed by atoms with Crippen molar-refractivity contribution in [3.63, 3.8) is 0 Å². The van der Waals surface area contributed by atoms with E-state index >= 15 is 0 Å². The summed E-state index contributed by atoms with van der Waals surface area (Å²) in [4.78, 5) is 16.0. The van der Waals surface area contributed by atoms with Crippen LogP contribution in [0.5, 0.6) is 0 Å². The Bertz CT molecular complexity index is 675. The Hall–Kier alpha value is -2.35. The van der Waals surface area contributed by atoms with Gasteiger partial charge in [-0.05, 0) is 30.3 Å². The molecule has 0 saturated heterocycles. The minimum atomic E-state index is -0.333. The first-order valence-corrected chi connectivity index (χ1v) is 6.20. The van der Waals surface area contributed by atoms with Crippen molar-refractivity contribution in [1.29, 1.82) is 0 Å². The summed E-state index contributed by atoms with van der Waals surface area (Å²) in [7, 11) is 0. The molecule has 0 unspecified atom stereocenters. The van der Waals surface area contributed by atoms with Crippen LogP contribution in [0.3, 0.4) is 0 Å². The molecular weight excluding hydrogens is 276 g/mol. The normalized spacial score (nSPS) is 9.50. The fraction of sp³-hybridized carbons (Fsp3) is 0.0667. The summed E-state index contributed by atoms with van der Waals surface area (Å²) in [6.45, 7) is -0.264. The number of nitrogens with zero attached hydrogens (tertiary/aromatic N) is 1. The van der Waals surface area contributed by atoms with Crippen LogP contribution in [0.25, 0.3) is 0 Å². The number of carbonyl (C=O) groups excluding carboxylic acids is 1. The average Bonchev–Trinajstić information content (AvgIpc) is 2.48. The molecule has 4 nitrogen and oxygen atoms in total. The number of rotatable bonds is 2. The summed E-state index contributed by atoms with van der Waals surface area (Å²) < 4.78 is 0. The fourth-order valence-electron chi connectivity index (χ4n) is 1.55. The molecule has 100 valence electrons. The molecule has 0 atom stereocenters. The third kappa shape index (κ3) is 3.58. The maximum atomic E-state index is 12.0. The van der Waals surface area contributed by atoms with Gasteiger partial charge in [0.25, 0.3) is 5.91 Å². The SMILES string of the molecule is O=C(Nc1ccc(Cl)cc1C#CCO)c1ccccn1. The number of aromatic nitrogens is 1. The molecule has 2 aromatic rings. The van der Waals surface area contributed by atoms with E-state index in [2.05, 4.69) is 22.1 Å². The molecule has 1 amide bonds. The molecule has 2 N–H and O–H groups in total. The molecule has 1 aromatic carbocycles. The number of aliphatic hydroxyl groups excluding tert-OH is 1. The van der Waals surface area contributed by atoms with Gasteiger partial charge >= 0.3 is 0 Å². The lowest BCUT2D eigenvalue weighted by Gasteiger charge is -2.07. The summed E-state index contributed by atoms with van der Waals surface area (Å²) in [5, 5.41) is 12.0. The minimum Gasteiger partial charge on any atom is -0.384 e. The smallest absolute Gasteiger partial charge is 0.274 e. The summed E-state index contributed by atoms with van der Waals surface area (Å²) in [5.74, 6) is 4.93. The molecule has 1 aromatic heterocycles. The van der Waals surface area contributed by atoms with E-state index in [1.165, 1.54) is 0 Å². The quantitative estimate of drug-likeness (QED) is 0.833. The van der Waals surface area contributed by atoms with Crippen LogP contribution in [0.1, 0.15) is 16.1 Å². The van der Waals surface area contributed by atoms with Crippen LogP contribution < -0.4 is 5.32 Å². The van der Waals surface area contributed by atoms with Gasteiger partial charge in [-0.25, -0.2) is 0 Å². The van der Waals surface area contributed by atoms with Crippen LogP contribution in [-0.4, -0.2) is 22.6 Å². The van der Waals surface area contributed by atoms with Crippen molar-refractivity contribution >= 4 is 23.2 Å². The first kappa shape index (κ1) is 14.1. The van der Waals surface area contributed by atoms with E-state index in [0.29, 0.717) is 22.0 Å². The highest BCUT2D eigenvalue weighted by atomic mass is 35.5. The van der Waals surface area contributed by atoms with Crippen molar-refractivity contribution in [2.24, 2.45) is 0 Å². The number of benzene rings is 1. The van der Waals surface area contributed by atoms with Crippen molar-refractivity contribution in [2.75, 3.05) is 11.9 Å². The molecule has 20 heavy (non-hydrogen) atoms. The summed E-state index contributed by atoms with van der Waals surface area (Å²) in [5.41, 5.74) is 1.37. The third-order valence-electron chi connectivity index (χ3n) is 2.43. The zero-order valence-electron chi connectivity index (χ0n) is 10.4. The Morgan fingerprint density at radius 2 is 2.20 bits per heavy atom. The third-order valence-corrected chi connectivity index (χ3v) is 2.66. The zero-order chi connectivity index (χ0) is 14.4. The largest absolute Gasteiger partial charge is 0.384 e. The van der Waals surface area contributed by atoms with E-state index in [1.54, 1.807) is 42.6 Å². The number of aliphatic hydroxyl groups is 1. The lowest BCUT2D eigenvalue weighted by molar-refractivity contribution is 0.102. The van der Waals surface area contributed by atoms with Crippen LogP contribution in [0.2, 0.25) is 5.02 Å². The van der Waals surface area contributed by atoms with E-state index in [-0.39, 0.29) is 12.5 Å². The Morgan fingerprint density at radius 1 is 1.35 bits per heavy atom. The topological polar surface area (TPSA) is 62.2 Å². The molecule has 0 fully saturated rings. The maximum Gasteiger partial charge on any atom is 0.274 e.